The molecule has 0 aromatic carbocycles. The smallest absolute Gasteiger partial charge is 0.303 e. The lowest BCUT2D eigenvalue weighted by Crippen LogP contribution is -2.60. The van der Waals surface area contributed by atoms with Crippen molar-refractivity contribution in [1.82, 2.24) is 0 Å². The second kappa shape index (κ2) is 7.02. The predicted molar refractivity (Wildman–Crippen MR) is 107 cm³/mol. The van der Waals surface area contributed by atoms with E-state index in [0.29, 0.717) is 32.1 Å². The number of carbonyl (C=O) groups is 4. The number of Topliss-reactive ketones (excluding diaryl/α,β-unsaturated/α-hetero) is 3. The van der Waals surface area contributed by atoms with E-state index in [1.807, 2.05) is 0 Å². The van der Waals surface area contributed by atoms with Crippen molar-refractivity contribution >= 4 is 23.3 Å². The molecule has 160 valence electrons. The van der Waals surface area contributed by atoms with Crippen molar-refractivity contribution in [3.8, 4) is 0 Å². The predicted octanol–water partition coefficient (Wildman–Crippen LogP) is 4.07. The molecule has 4 rings (SSSR count). The first kappa shape index (κ1) is 20.7. The lowest BCUT2D eigenvalue weighted by Gasteiger charge is -2.58. The highest BCUT2D eigenvalue weighted by Gasteiger charge is 2.66. The lowest BCUT2D eigenvalue weighted by atomic mass is 9.44. The molecule has 5 nitrogen and oxygen atoms in total. The minimum atomic E-state index is -0.792. The van der Waals surface area contributed by atoms with Crippen molar-refractivity contribution < 1.29 is 24.3 Å². The summed E-state index contributed by atoms with van der Waals surface area (Å²) in [6, 6.07) is 0. The van der Waals surface area contributed by atoms with E-state index in [1.54, 1.807) is 0 Å². The summed E-state index contributed by atoms with van der Waals surface area (Å²) >= 11 is 0. The van der Waals surface area contributed by atoms with Gasteiger partial charge in [0.2, 0.25) is 0 Å². The van der Waals surface area contributed by atoms with Gasteiger partial charge in [-0.2, -0.15) is 0 Å². The summed E-state index contributed by atoms with van der Waals surface area (Å²) in [5.74, 6) is 0.524. The van der Waals surface area contributed by atoms with E-state index >= 15 is 0 Å². The topological polar surface area (TPSA) is 88.5 Å². The molecule has 0 aromatic heterocycles. The second-order valence-corrected chi connectivity index (χ2v) is 10.9. The quantitative estimate of drug-likeness (QED) is 0.766. The standard InChI is InChI=1S/C24H34O5/c1-13(4-7-21(28)29)16-5-6-17-22-18(12-20(27)24(16,17)3)23(2)9-8-15(25)10-14(23)11-19(22)26/h13-14,16-18,22H,4-12H2,1-3H3,(H,28,29)/t13?,14-,16?,17-,18-,22-,23-,24+/m0/s1. The highest BCUT2D eigenvalue weighted by atomic mass is 16.4. The SMILES string of the molecule is CC(CCC(=O)O)C1CC[C@H]2[C@@H]3C(=O)C[C@@H]4CC(=O)CC[C@]4(C)[C@H]3CC(=O)[C@]12C. The fraction of sp³-hybridized carbons (Fsp3) is 0.833. The third-order valence-electron chi connectivity index (χ3n) is 9.72. The Morgan fingerprint density at radius 1 is 1.10 bits per heavy atom. The zero-order valence-corrected chi connectivity index (χ0v) is 17.9. The number of fused-ring (bicyclic) bond motifs is 5. The summed E-state index contributed by atoms with van der Waals surface area (Å²) in [4.78, 5) is 50.0. The average molecular weight is 403 g/mol. The summed E-state index contributed by atoms with van der Waals surface area (Å²) in [6.07, 6.45) is 5.33. The van der Waals surface area contributed by atoms with E-state index in [1.165, 1.54) is 0 Å². The second-order valence-electron chi connectivity index (χ2n) is 10.9. The van der Waals surface area contributed by atoms with Gasteiger partial charge in [0.15, 0.2) is 0 Å². The van der Waals surface area contributed by atoms with Gasteiger partial charge in [0.1, 0.15) is 17.3 Å². The maximum absolute atomic E-state index is 13.6. The zero-order chi connectivity index (χ0) is 21.1. The fourth-order valence-corrected chi connectivity index (χ4v) is 7.94. The maximum atomic E-state index is 13.6. The number of hydrogen-bond acceptors (Lipinski definition) is 4. The van der Waals surface area contributed by atoms with Crippen molar-refractivity contribution in [2.24, 2.45) is 46.3 Å². The van der Waals surface area contributed by atoms with Gasteiger partial charge in [-0.1, -0.05) is 20.8 Å². The summed E-state index contributed by atoms with van der Waals surface area (Å²) in [6.45, 7) is 6.37. The molecule has 1 N–H and O–H groups in total. The molecule has 0 spiro atoms. The Morgan fingerprint density at radius 3 is 2.52 bits per heavy atom. The van der Waals surface area contributed by atoms with Gasteiger partial charge in [-0.05, 0) is 60.7 Å². The highest BCUT2D eigenvalue weighted by Crippen LogP contribution is 2.66. The van der Waals surface area contributed by atoms with Crippen LogP contribution in [0.5, 0.6) is 0 Å². The van der Waals surface area contributed by atoms with Gasteiger partial charge in [-0.15, -0.1) is 0 Å². The lowest BCUT2D eigenvalue weighted by molar-refractivity contribution is -0.166. The number of ketones is 3. The molecule has 0 amide bonds. The van der Waals surface area contributed by atoms with Crippen LogP contribution in [0.2, 0.25) is 0 Å². The van der Waals surface area contributed by atoms with Gasteiger partial charge in [0.25, 0.3) is 0 Å². The van der Waals surface area contributed by atoms with E-state index in [-0.39, 0.29) is 64.7 Å². The monoisotopic (exact) mass is 402 g/mol. The molecule has 4 aliphatic rings. The molecule has 0 radical (unpaired) electrons. The number of hydrogen-bond donors (Lipinski definition) is 1. The molecule has 2 unspecified atom stereocenters. The number of aliphatic carboxylic acids is 1. The fourth-order valence-electron chi connectivity index (χ4n) is 7.94. The highest BCUT2D eigenvalue weighted by molar-refractivity contribution is 5.93. The Balaban J connectivity index is 1.63. The van der Waals surface area contributed by atoms with Crippen LogP contribution in [0, 0.1) is 46.3 Å². The number of carboxylic acid groups (broad SMARTS) is 1. The van der Waals surface area contributed by atoms with Crippen LogP contribution in [0.15, 0.2) is 0 Å². The van der Waals surface area contributed by atoms with Crippen LogP contribution in [0.1, 0.15) is 78.6 Å². The third-order valence-corrected chi connectivity index (χ3v) is 9.72. The average Bonchev–Trinajstić information content (AvgIpc) is 3.01. The molecule has 4 aliphatic carbocycles. The van der Waals surface area contributed by atoms with E-state index < -0.39 is 11.4 Å². The van der Waals surface area contributed by atoms with E-state index in [2.05, 4.69) is 20.8 Å². The molecule has 0 saturated heterocycles. The Kier molecular flexibility index (Phi) is 5.02. The summed E-state index contributed by atoms with van der Waals surface area (Å²) in [5.41, 5.74) is -0.598. The summed E-state index contributed by atoms with van der Waals surface area (Å²) in [7, 11) is 0. The first-order chi connectivity index (χ1) is 13.6. The molecule has 0 heterocycles. The van der Waals surface area contributed by atoms with E-state index in [9.17, 15) is 19.2 Å². The molecular formula is C24H34O5. The van der Waals surface area contributed by atoms with Crippen LogP contribution < -0.4 is 0 Å². The van der Waals surface area contributed by atoms with Gasteiger partial charge in [0, 0.05) is 43.4 Å². The van der Waals surface area contributed by atoms with Crippen LogP contribution in [-0.2, 0) is 19.2 Å². The van der Waals surface area contributed by atoms with Crippen LogP contribution >= 0.6 is 0 Å². The van der Waals surface area contributed by atoms with Crippen LogP contribution in [0.25, 0.3) is 0 Å². The minimum Gasteiger partial charge on any atom is -0.481 e. The van der Waals surface area contributed by atoms with Gasteiger partial charge >= 0.3 is 5.97 Å². The Morgan fingerprint density at radius 2 is 1.83 bits per heavy atom. The normalized spacial score (nSPS) is 45.3. The van der Waals surface area contributed by atoms with Gasteiger partial charge in [-0.25, -0.2) is 0 Å². The van der Waals surface area contributed by atoms with Crippen molar-refractivity contribution in [1.29, 1.82) is 0 Å². The van der Waals surface area contributed by atoms with Crippen LogP contribution in [0.4, 0.5) is 0 Å². The van der Waals surface area contributed by atoms with E-state index in [0.717, 1.165) is 19.3 Å². The molecule has 0 bridgehead atoms. The van der Waals surface area contributed by atoms with E-state index in [4.69, 9.17) is 5.11 Å². The molecule has 4 fully saturated rings. The molecule has 5 heteroatoms. The van der Waals surface area contributed by atoms with Crippen molar-refractivity contribution in [3.05, 3.63) is 0 Å². The molecule has 29 heavy (non-hydrogen) atoms. The molecular weight excluding hydrogens is 368 g/mol. The number of carboxylic acids is 1. The van der Waals surface area contributed by atoms with Crippen LogP contribution in [0.3, 0.4) is 0 Å². The minimum absolute atomic E-state index is 0.0659. The van der Waals surface area contributed by atoms with Crippen molar-refractivity contribution in [2.45, 2.75) is 78.6 Å². The van der Waals surface area contributed by atoms with Gasteiger partial charge < -0.3 is 5.11 Å². The third kappa shape index (κ3) is 3.02. The molecule has 0 aliphatic heterocycles. The molecule has 8 atom stereocenters. The number of carbonyl (C=O) groups excluding carboxylic acids is 3. The number of rotatable bonds is 4. The Bertz CT molecular complexity index is 756. The maximum Gasteiger partial charge on any atom is 0.303 e. The Labute approximate surface area is 173 Å². The molecule has 4 saturated carbocycles. The van der Waals surface area contributed by atoms with Crippen molar-refractivity contribution in [2.75, 3.05) is 0 Å². The van der Waals surface area contributed by atoms with Gasteiger partial charge in [0.05, 0.1) is 0 Å². The first-order valence-corrected chi connectivity index (χ1v) is 11.4. The zero-order valence-electron chi connectivity index (χ0n) is 17.9. The van der Waals surface area contributed by atoms with Crippen LogP contribution in [-0.4, -0.2) is 28.4 Å². The Hall–Kier alpha value is -1.52. The summed E-state index contributed by atoms with van der Waals surface area (Å²) in [5, 5.41) is 9.06. The largest absolute Gasteiger partial charge is 0.481 e. The molecule has 0 aromatic rings. The summed E-state index contributed by atoms with van der Waals surface area (Å²) < 4.78 is 0. The van der Waals surface area contributed by atoms with Crippen molar-refractivity contribution in [3.63, 3.8) is 0 Å². The first-order valence-electron chi connectivity index (χ1n) is 11.4. The van der Waals surface area contributed by atoms with Gasteiger partial charge in [-0.3, -0.25) is 19.2 Å².